The van der Waals surface area contributed by atoms with E-state index in [-0.39, 0.29) is 0 Å². The highest BCUT2D eigenvalue weighted by Gasteiger charge is 2.35. The van der Waals surface area contributed by atoms with Gasteiger partial charge in [0.15, 0.2) is 23.3 Å². The summed E-state index contributed by atoms with van der Waals surface area (Å²) in [6.07, 6.45) is 0. The van der Waals surface area contributed by atoms with E-state index in [2.05, 4.69) is 102 Å². The molecule has 0 saturated heterocycles. The average molecular weight is 971 g/mol. The molecule has 0 aliphatic rings. The molecule has 4 aromatic heterocycles. The fourth-order valence-electron chi connectivity index (χ4n) is 10.6. The van der Waals surface area contributed by atoms with Crippen LogP contribution >= 0.6 is 0 Å². The molecule has 6 nitrogen and oxygen atoms in total. The Kier molecular flexibility index (Phi) is 8.88. The van der Waals surface area contributed by atoms with Crippen LogP contribution < -0.4 is 0 Å². The molecule has 0 aliphatic heterocycles. The molecule has 0 atom stereocenters. The van der Waals surface area contributed by atoms with E-state index >= 15 is 0 Å². The first-order chi connectivity index (χ1) is 35.0. The number of nitrogens with zero attached hydrogens (tertiary/aromatic N) is 2. The number of sulfone groups is 1. The van der Waals surface area contributed by atoms with Crippen LogP contribution in [0.1, 0.15) is 0 Å². The second-order valence-electron chi connectivity index (χ2n) is 17.9. The molecule has 346 valence electrons. The van der Waals surface area contributed by atoms with Crippen molar-refractivity contribution in [2.24, 2.45) is 0 Å². The molecule has 72 heavy (non-hydrogen) atoms. The zero-order chi connectivity index (χ0) is 48.7. The van der Waals surface area contributed by atoms with Gasteiger partial charge in [-0.1, -0.05) is 84.9 Å². The minimum absolute atomic E-state index is 0.374. The van der Waals surface area contributed by atoms with Crippen LogP contribution in [0.3, 0.4) is 0 Å². The molecule has 0 amide bonds. The summed E-state index contributed by atoms with van der Waals surface area (Å²) in [6.45, 7) is 0. The molecule has 0 unspecified atom stereocenters. The minimum Gasteiger partial charge on any atom is -0.456 e. The van der Waals surface area contributed by atoms with Crippen LogP contribution in [0, 0.1) is 29.1 Å². The molecule has 0 saturated carbocycles. The van der Waals surface area contributed by atoms with E-state index in [1.54, 1.807) is 12.1 Å². The Morgan fingerprint density at radius 2 is 0.708 bits per heavy atom. The van der Waals surface area contributed by atoms with Crippen LogP contribution in [0.5, 0.6) is 0 Å². The van der Waals surface area contributed by atoms with Gasteiger partial charge < -0.3 is 18.0 Å². The number of hydrogen-bond acceptors (Lipinski definition) is 4. The van der Waals surface area contributed by atoms with Gasteiger partial charge in [-0.2, -0.15) is 0 Å². The summed E-state index contributed by atoms with van der Waals surface area (Å²) >= 11 is 0. The Balaban J connectivity index is 0.842. The summed E-state index contributed by atoms with van der Waals surface area (Å²) in [5, 5.41) is 7.05. The van der Waals surface area contributed by atoms with Crippen molar-refractivity contribution in [2.45, 2.75) is 9.79 Å². The van der Waals surface area contributed by atoms with E-state index in [1.165, 1.54) is 22.9 Å². The summed E-state index contributed by atoms with van der Waals surface area (Å²) in [4.78, 5) is -2.56. The molecule has 0 N–H and O–H groups in total. The van der Waals surface area contributed by atoms with E-state index in [0.29, 0.717) is 38.7 Å². The Labute approximate surface area is 404 Å². The van der Waals surface area contributed by atoms with Gasteiger partial charge in [-0.3, -0.25) is 0 Å². The molecule has 12 heteroatoms. The van der Waals surface area contributed by atoms with Gasteiger partial charge in [-0.05, 0) is 125 Å². The Hall–Kier alpha value is -9.00. The van der Waals surface area contributed by atoms with E-state index in [1.807, 2.05) is 65.2 Å². The second kappa shape index (κ2) is 15.2. The number of para-hydroxylation sites is 3. The summed E-state index contributed by atoms with van der Waals surface area (Å²) in [5.74, 6) is -12.0. The number of hydrogen-bond donors (Lipinski definition) is 0. The third-order valence-electron chi connectivity index (χ3n) is 13.9. The Bertz CT molecular complexity index is 4710. The van der Waals surface area contributed by atoms with Gasteiger partial charge in [0.05, 0.1) is 27.0 Å². The standard InChI is InChI=1S/C60H31F5N2O4S/c61-55-56(62)58(64)60(59(65)57(55)63)72(68,69)38-20-21-50-42(31-38)41-12-3-6-15-49(41)67(50)37-19-25-54-46(30-37)44-28-35(17-23-52(44)71-54)33-9-7-8-32(26-33)34-16-22-51-43(27-34)45-29-36(18-24-53(45)70-51)66-47-13-4-1-10-39(47)40-11-2-5-14-48(40)66/h1-31H. The fraction of sp³-hybridized carbons (Fsp3) is 0. The van der Waals surface area contributed by atoms with Crippen molar-refractivity contribution in [1.29, 1.82) is 0 Å². The van der Waals surface area contributed by atoms with Gasteiger partial charge >= 0.3 is 0 Å². The second-order valence-corrected chi connectivity index (χ2v) is 19.8. The predicted octanol–water partition coefficient (Wildman–Crippen LogP) is 16.5. The van der Waals surface area contributed by atoms with Crippen LogP contribution in [0.25, 0.3) is 121 Å². The largest absolute Gasteiger partial charge is 0.456 e. The van der Waals surface area contributed by atoms with E-state index in [9.17, 15) is 30.4 Å². The average Bonchev–Trinajstić information content (AvgIpc) is 4.16. The van der Waals surface area contributed by atoms with Crippen LogP contribution in [-0.2, 0) is 9.84 Å². The maximum atomic E-state index is 14.9. The van der Waals surface area contributed by atoms with E-state index < -0.39 is 48.7 Å². The van der Waals surface area contributed by atoms with Gasteiger partial charge in [0.1, 0.15) is 27.2 Å². The molecule has 0 radical (unpaired) electrons. The first-order valence-corrected chi connectivity index (χ1v) is 24.3. The molecule has 0 fully saturated rings. The zero-order valence-corrected chi connectivity index (χ0v) is 38.0. The first kappa shape index (κ1) is 41.9. The topological polar surface area (TPSA) is 70.3 Å². The lowest BCUT2D eigenvalue weighted by atomic mass is 9.97. The van der Waals surface area contributed by atoms with Gasteiger partial charge in [0.2, 0.25) is 15.7 Å². The van der Waals surface area contributed by atoms with Crippen molar-refractivity contribution >= 4 is 97.3 Å². The quantitative estimate of drug-likeness (QED) is 0.0720. The van der Waals surface area contributed by atoms with E-state index in [0.717, 1.165) is 77.8 Å². The number of rotatable bonds is 6. The minimum atomic E-state index is -5.23. The molecule has 0 aliphatic carbocycles. The molecule has 14 aromatic rings. The van der Waals surface area contributed by atoms with Crippen molar-refractivity contribution in [2.75, 3.05) is 0 Å². The summed E-state index contributed by atoms with van der Waals surface area (Å²) in [5.41, 5.74) is 12.1. The van der Waals surface area contributed by atoms with Crippen LogP contribution in [0.4, 0.5) is 22.0 Å². The van der Waals surface area contributed by atoms with Crippen molar-refractivity contribution in [3.05, 3.63) is 217 Å². The zero-order valence-electron chi connectivity index (χ0n) is 37.2. The smallest absolute Gasteiger partial charge is 0.212 e. The van der Waals surface area contributed by atoms with Gasteiger partial charge in [0.25, 0.3) is 0 Å². The van der Waals surface area contributed by atoms with E-state index in [4.69, 9.17) is 8.83 Å². The highest BCUT2D eigenvalue weighted by Crippen LogP contribution is 2.41. The third kappa shape index (κ3) is 6.02. The monoisotopic (exact) mass is 970 g/mol. The molecule has 10 aromatic carbocycles. The van der Waals surface area contributed by atoms with Crippen LogP contribution in [0.2, 0.25) is 0 Å². The van der Waals surface area contributed by atoms with Crippen molar-refractivity contribution in [1.82, 2.24) is 9.13 Å². The number of fused-ring (bicyclic) bond motifs is 12. The van der Waals surface area contributed by atoms with Gasteiger partial charge in [0, 0.05) is 54.5 Å². The number of halogens is 5. The predicted molar refractivity (Wildman–Crippen MR) is 272 cm³/mol. The van der Waals surface area contributed by atoms with Crippen molar-refractivity contribution in [3.63, 3.8) is 0 Å². The third-order valence-corrected chi connectivity index (χ3v) is 15.7. The summed E-state index contributed by atoms with van der Waals surface area (Å²) in [6, 6.07) is 60.6. The number of furan rings is 2. The molecule has 14 rings (SSSR count). The lowest BCUT2D eigenvalue weighted by Gasteiger charge is -2.11. The number of benzene rings is 10. The van der Waals surface area contributed by atoms with Crippen LogP contribution in [-0.4, -0.2) is 17.6 Å². The maximum Gasteiger partial charge on any atom is 0.212 e. The summed E-state index contributed by atoms with van der Waals surface area (Å²) in [7, 11) is -5.23. The number of aromatic nitrogens is 2. The van der Waals surface area contributed by atoms with Crippen LogP contribution in [0.15, 0.2) is 207 Å². The first-order valence-electron chi connectivity index (χ1n) is 22.8. The van der Waals surface area contributed by atoms with Gasteiger partial charge in [-0.15, -0.1) is 0 Å². The Morgan fingerprint density at radius 1 is 0.319 bits per heavy atom. The summed E-state index contributed by atoms with van der Waals surface area (Å²) < 4.78 is 116. The SMILES string of the molecule is O=S(=O)(c1ccc2c(c1)c1ccccc1n2-c1ccc2oc3ccc(-c4cccc(-c5ccc6oc7ccc(-n8c9ccccc9c9ccccc98)cc7c6c5)c4)cc3c2c1)c1c(F)c(F)c(F)c(F)c1F. The molecular formula is C60H31F5N2O4S. The maximum absolute atomic E-state index is 14.9. The normalized spacial score (nSPS) is 12.3. The lowest BCUT2D eigenvalue weighted by Crippen LogP contribution is -2.13. The van der Waals surface area contributed by atoms with Gasteiger partial charge in [-0.25, -0.2) is 30.4 Å². The highest BCUT2D eigenvalue weighted by molar-refractivity contribution is 7.91. The molecule has 0 spiro atoms. The molecule has 0 bridgehead atoms. The van der Waals surface area contributed by atoms with Crippen molar-refractivity contribution in [3.8, 4) is 33.6 Å². The highest BCUT2D eigenvalue weighted by atomic mass is 32.2. The lowest BCUT2D eigenvalue weighted by molar-refractivity contribution is 0.357. The molecule has 4 heterocycles. The molecular weight excluding hydrogens is 940 g/mol. The van der Waals surface area contributed by atoms with Crippen molar-refractivity contribution < 1.29 is 39.2 Å². The Morgan fingerprint density at radius 3 is 1.19 bits per heavy atom. The fourth-order valence-corrected chi connectivity index (χ4v) is 12.0.